The summed E-state index contributed by atoms with van der Waals surface area (Å²) in [6.45, 7) is 2.16. The zero-order valence-corrected chi connectivity index (χ0v) is 21.7. The molecule has 0 radical (unpaired) electrons. The molecule has 6 aromatic carbocycles. The Bertz CT molecular complexity index is 2180. The Kier molecular flexibility index (Phi) is 4.77. The van der Waals surface area contributed by atoms with Gasteiger partial charge < -0.3 is 9.13 Å². The van der Waals surface area contributed by atoms with Crippen LogP contribution in [0.25, 0.3) is 66.1 Å². The van der Waals surface area contributed by atoms with Crippen LogP contribution in [0.2, 0.25) is 0 Å². The average Bonchev–Trinajstić information content (AvgIpc) is 3.50. The highest BCUT2D eigenvalue weighted by molar-refractivity contribution is 6.17. The highest BCUT2D eigenvalue weighted by Gasteiger charge is 2.18. The zero-order chi connectivity index (χ0) is 25.9. The number of hydrogen-bond acceptors (Lipinski definition) is 0. The lowest BCUT2D eigenvalue weighted by Gasteiger charge is -2.11. The van der Waals surface area contributed by atoms with E-state index in [9.17, 15) is 0 Å². The lowest BCUT2D eigenvalue weighted by atomic mass is 9.98. The minimum atomic E-state index is 1.18. The van der Waals surface area contributed by atoms with Gasteiger partial charge in [-0.1, -0.05) is 91.0 Å². The molecule has 0 bridgehead atoms. The van der Waals surface area contributed by atoms with Gasteiger partial charge in [-0.3, -0.25) is 0 Å². The first-order valence-corrected chi connectivity index (χ1v) is 13.5. The molecule has 0 fully saturated rings. The van der Waals surface area contributed by atoms with Crippen LogP contribution in [-0.4, -0.2) is 9.13 Å². The number of benzene rings is 6. The van der Waals surface area contributed by atoms with E-state index in [1.54, 1.807) is 0 Å². The molecule has 2 nitrogen and oxygen atoms in total. The first-order valence-electron chi connectivity index (χ1n) is 13.5. The molecule has 0 atom stereocenters. The van der Waals surface area contributed by atoms with Gasteiger partial charge in [-0.05, 0) is 72.1 Å². The third kappa shape index (κ3) is 3.28. The van der Waals surface area contributed by atoms with Gasteiger partial charge in [-0.15, -0.1) is 0 Å². The molecular weight excluding hydrogens is 472 g/mol. The fourth-order valence-electron chi connectivity index (χ4n) is 6.30. The molecular formula is C37H26N2. The van der Waals surface area contributed by atoms with Crippen molar-refractivity contribution < 1.29 is 0 Å². The Morgan fingerprint density at radius 3 is 1.85 bits per heavy atom. The van der Waals surface area contributed by atoms with Crippen LogP contribution in [0.15, 0.2) is 140 Å². The number of fused-ring (bicyclic) bond motifs is 6. The van der Waals surface area contributed by atoms with Crippen LogP contribution < -0.4 is 0 Å². The topological polar surface area (TPSA) is 9.86 Å². The minimum absolute atomic E-state index is 1.18. The molecule has 0 aliphatic rings. The van der Waals surface area contributed by atoms with E-state index >= 15 is 0 Å². The smallest absolute Gasteiger partial charge is 0.0547 e. The van der Waals surface area contributed by atoms with Crippen LogP contribution in [0.5, 0.6) is 0 Å². The van der Waals surface area contributed by atoms with Crippen molar-refractivity contribution in [1.82, 2.24) is 9.13 Å². The number of rotatable bonds is 3. The molecule has 39 heavy (non-hydrogen) atoms. The van der Waals surface area contributed by atoms with Crippen molar-refractivity contribution in [2.75, 3.05) is 0 Å². The van der Waals surface area contributed by atoms with Gasteiger partial charge in [0.1, 0.15) is 0 Å². The average molecular weight is 499 g/mol. The van der Waals surface area contributed by atoms with E-state index in [4.69, 9.17) is 0 Å². The van der Waals surface area contributed by atoms with E-state index in [1.165, 1.54) is 71.7 Å². The predicted octanol–water partition coefficient (Wildman–Crippen LogP) is 9.86. The Morgan fingerprint density at radius 2 is 1.03 bits per heavy atom. The summed E-state index contributed by atoms with van der Waals surface area (Å²) in [5.74, 6) is 0. The van der Waals surface area contributed by atoms with Crippen LogP contribution in [-0.2, 0) is 0 Å². The molecule has 0 saturated heterocycles. The quantitative estimate of drug-likeness (QED) is 0.229. The number of para-hydroxylation sites is 3. The fraction of sp³-hybridized carbons (Fsp3) is 0.0270. The van der Waals surface area contributed by atoms with Gasteiger partial charge in [-0.2, -0.15) is 0 Å². The molecule has 2 aromatic heterocycles. The van der Waals surface area contributed by atoms with Crippen LogP contribution in [0.4, 0.5) is 0 Å². The summed E-state index contributed by atoms with van der Waals surface area (Å²) < 4.78 is 4.80. The molecule has 0 aliphatic carbocycles. The lowest BCUT2D eigenvalue weighted by molar-refractivity contribution is 1.17. The molecule has 0 spiro atoms. The maximum Gasteiger partial charge on any atom is 0.0547 e. The SMILES string of the molecule is Cc1cccc(-n2c3ccccc3c3c(-c4ccc5c6ccccc6n(-c6ccccc6)c5c4)cccc32)c1. The summed E-state index contributed by atoms with van der Waals surface area (Å²) in [6, 6.07) is 50.6. The fourth-order valence-corrected chi connectivity index (χ4v) is 6.30. The number of hydrogen-bond donors (Lipinski definition) is 0. The van der Waals surface area contributed by atoms with Gasteiger partial charge in [0.25, 0.3) is 0 Å². The molecule has 2 heterocycles. The molecule has 8 rings (SSSR count). The number of aryl methyl sites for hydroxylation is 1. The standard InChI is InChI=1S/C37H26N2/c1-25-11-9-14-28(23-25)39-34-19-8-6-16-32(34)37-29(17-10-20-35(37)39)26-21-22-31-30-15-5-7-18-33(30)38(36(31)24-26)27-12-3-2-4-13-27/h2-24H,1H3. The van der Waals surface area contributed by atoms with Gasteiger partial charge in [0, 0.05) is 32.9 Å². The highest BCUT2D eigenvalue weighted by atomic mass is 15.0. The van der Waals surface area contributed by atoms with Crippen molar-refractivity contribution in [3.05, 3.63) is 145 Å². The first-order chi connectivity index (χ1) is 19.3. The number of aromatic nitrogens is 2. The Morgan fingerprint density at radius 1 is 0.410 bits per heavy atom. The molecule has 0 aliphatic heterocycles. The van der Waals surface area contributed by atoms with E-state index in [0.29, 0.717) is 0 Å². The number of nitrogens with zero attached hydrogens (tertiary/aromatic N) is 2. The summed E-state index contributed by atoms with van der Waals surface area (Å²) in [7, 11) is 0. The van der Waals surface area contributed by atoms with Crippen LogP contribution >= 0.6 is 0 Å². The van der Waals surface area contributed by atoms with Gasteiger partial charge >= 0.3 is 0 Å². The molecule has 8 aromatic rings. The second-order valence-corrected chi connectivity index (χ2v) is 10.3. The summed E-state index contributed by atoms with van der Waals surface area (Å²) in [4.78, 5) is 0. The third-order valence-corrected chi connectivity index (χ3v) is 7.96. The van der Waals surface area contributed by atoms with E-state index < -0.39 is 0 Å². The van der Waals surface area contributed by atoms with Gasteiger partial charge in [0.05, 0.1) is 22.1 Å². The van der Waals surface area contributed by atoms with Crippen LogP contribution in [0.1, 0.15) is 5.56 Å². The van der Waals surface area contributed by atoms with E-state index in [1.807, 2.05) is 0 Å². The van der Waals surface area contributed by atoms with Crippen molar-refractivity contribution in [2.24, 2.45) is 0 Å². The van der Waals surface area contributed by atoms with Crippen LogP contribution in [0, 0.1) is 6.92 Å². The second kappa shape index (κ2) is 8.47. The third-order valence-electron chi connectivity index (χ3n) is 7.96. The molecule has 184 valence electrons. The maximum atomic E-state index is 2.40. The Balaban J connectivity index is 1.45. The Hall–Kier alpha value is -5.08. The lowest BCUT2D eigenvalue weighted by Crippen LogP contribution is -1.94. The molecule has 0 N–H and O–H groups in total. The normalized spacial score (nSPS) is 11.7. The van der Waals surface area contributed by atoms with E-state index in [2.05, 4.69) is 156 Å². The summed E-state index contributed by atoms with van der Waals surface area (Å²) in [5, 5.41) is 5.11. The van der Waals surface area contributed by atoms with Gasteiger partial charge in [-0.25, -0.2) is 0 Å². The first kappa shape index (κ1) is 22.0. The molecule has 0 saturated carbocycles. The van der Waals surface area contributed by atoms with E-state index in [0.717, 1.165) is 0 Å². The second-order valence-electron chi connectivity index (χ2n) is 10.3. The molecule has 2 heteroatoms. The molecule has 0 unspecified atom stereocenters. The van der Waals surface area contributed by atoms with Crippen LogP contribution in [0.3, 0.4) is 0 Å². The summed E-state index contributed by atoms with van der Waals surface area (Å²) in [6.07, 6.45) is 0. The van der Waals surface area contributed by atoms with E-state index in [-0.39, 0.29) is 0 Å². The van der Waals surface area contributed by atoms with Gasteiger partial charge in [0.15, 0.2) is 0 Å². The molecule has 0 amide bonds. The van der Waals surface area contributed by atoms with Crippen molar-refractivity contribution in [3.63, 3.8) is 0 Å². The van der Waals surface area contributed by atoms with Crippen molar-refractivity contribution >= 4 is 43.6 Å². The summed E-state index contributed by atoms with van der Waals surface area (Å²) >= 11 is 0. The highest BCUT2D eigenvalue weighted by Crippen LogP contribution is 2.40. The monoisotopic (exact) mass is 498 g/mol. The summed E-state index contributed by atoms with van der Waals surface area (Å²) in [5.41, 5.74) is 11.0. The Labute approximate surface area is 227 Å². The van der Waals surface area contributed by atoms with Crippen molar-refractivity contribution in [1.29, 1.82) is 0 Å². The zero-order valence-electron chi connectivity index (χ0n) is 21.7. The van der Waals surface area contributed by atoms with Crippen molar-refractivity contribution in [3.8, 4) is 22.5 Å². The predicted molar refractivity (Wildman–Crippen MR) is 165 cm³/mol. The van der Waals surface area contributed by atoms with Crippen molar-refractivity contribution in [2.45, 2.75) is 6.92 Å². The largest absolute Gasteiger partial charge is 0.309 e. The maximum absolute atomic E-state index is 2.40. The minimum Gasteiger partial charge on any atom is -0.309 e. The van der Waals surface area contributed by atoms with Gasteiger partial charge in [0.2, 0.25) is 0 Å².